The van der Waals surface area contributed by atoms with Crippen molar-refractivity contribution in [3.8, 4) is 0 Å². The smallest absolute Gasteiger partial charge is 0.241 e. The minimum atomic E-state index is -3.61. The van der Waals surface area contributed by atoms with Gasteiger partial charge in [0.2, 0.25) is 15.9 Å². The fourth-order valence-electron chi connectivity index (χ4n) is 2.94. The van der Waals surface area contributed by atoms with Gasteiger partial charge in [-0.3, -0.25) is 9.10 Å². The van der Waals surface area contributed by atoms with E-state index < -0.39 is 10.0 Å². The SMILES string of the molecule is Cc1ccc(CNC(=O)CN(c2c(C)cccc2C(C)C)S(C)(=O)=O)cc1. The average molecular weight is 389 g/mol. The van der Waals surface area contributed by atoms with Crippen molar-refractivity contribution in [2.45, 2.75) is 40.2 Å². The molecule has 1 amide bonds. The molecular formula is C21H28N2O3S. The van der Waals surface area contributed by atoms with Gasteiger partial charge in [0.05, 0.1) is 11.9 Å². The van der Waals surface area contributed by atoms with Crippen molar-refractivity contribution in [3.63, 3.8) is 0 Å². The summed E-state index contributed by atoms with van der Waals surface area (Å²) < 4.78 is 26.1. The summed E-state index contributed by atoms with van der Waals surface area (Å²) in [7, 11) is -3.61. The monoisotopic (exact) mass is 388 g/mol. The van der Waals surface area contributed by atoms with Crippen LogP contribution < -0.4 is 9.62 Å². The van der Waals surface area contributed by atoms with Gasteiger partial charge in [0.25, 0.3) is 0 Å². The van der Waals surface area contributed by atoms with Crippen molar-refractivity contribution in [2.75, 3.05) is 17.1 Å². The quantitative estimate of drug-likeness (QED) is 0.789. The average Bonchev–Trinajstić information content (AvgIpc) is 2.58. The number of hydrogen-bond acceptors (Lipinski definition) is 3. The van der Waals surface area contributed by atoms with Gasteiger partial charge in [-0.15, -0.1) is 0 Å². The van der Waals surface area contributed by atoms with Crippen LogP contribution in [0.5, 0.6) is 0 Å². The summed E-state index contributed by atoms with van der Waals surface area (Å²) in [6.07, 6.45) is 1.14. The largest absolute Gasteiger partial charge is 0.350 e. The molecule has 0 spiro atoms. The molecule has 2 rings (SSSR count). The molecule has 0 saturated heterocycles. The van der Waals surface area contributed by atoms with E-state index in [0.29, 0.717) is 12.2 Å². The predicted molar refractivity (Wildman–Crippen MR) is 110 cm³/mol. The maximum atomic E-state index is 12.5. The third-order valence-corrected chi connectivity index (χ3v) is 5.55. The lowest BCUT2D eigenvalue weighted by Crippen LogP contribution is -2.41. The summed E-state index contributed by atoms with van der Waals surface area (Å²) in [5, 5.41) is 2.81. The molecule has 0 atom stereocenters. The van der Waals surface area contributed by atoms with E-state index in [4.69, 9.17) is 0 Å². The lowest BCUT2D eigenvalue weighted by atomic mass is 9.98. The van der Waals surface area contributed by atoms with Crippen molar-refractivity contribution in [1.29, 1.82) is 0 Å². The van der Waals surface area contributed by atoms with Gasteiger partial charge in [-0.1, -0.05) is 61.9 Å². The summed E-state index contributed by atoms with van der Waals surface area (Å²) >= 11 is 0. The molecular weight excluding hydrogens is 360 g/mol. The third kappa shape index (κ3) is 5.57. The minimum Gasteiger partial charge on any atom is -0.350 e. The molecule has 0 heterocycles. The Morgan fingerprint density at radius 2 is 1.70 bits per heavy atom. The van der Waals surface area contributed by atoms with E-state index in [1.165, 1.54) is 4.31 Å². The van der Waals surface area contributed by atoms with Crippen LogP contribution in [-0.2, 0) is 21.4 Å². The van der Waals surface area contributed by atoms with E-state index >= 15 is 0 Å². The van der Waals surface area contributed by atoms with Gasteiger partial charge in [-0.2, -0.15) is 0 Å². The number of nitrogens with zero attached hydrogens (tertiary/aromatic N) is 1. The van der Waals surface area contributed by atoms with E-state index in [1.54, 1.807) is 0 Å². The van der Waals surface area contributed by atoms with Crippen molar-refractivity contribution in [3.05, 3.63) is 64.7 Å². The molecule has 1 N–H and O–H groups in total. The molecule has 0 bridgehead atoms. The molecule has 0 aliphatic carbocycles. The first-order valence-corrected chi connectivity index (χ1v) is 10.8. The van der Waals surface area contributed by atoms with Gasteiger partial charge >= 0.3 is 0 Å². The first kappa shape index (κ1) is 21.0. The van der Waals surface area contributed by atoms with Gasteiger partial charge in [0.1, 0.15) is 6.54 Å². The second-order valence-corrected chi connectivity index (χ2v) is 9.11. The van der Waals surface area contributed by atoms with Crippen molar-refractivity contribution in [2.24, 2.45) is 0 Å². The van der Waals surface area contributed by atoms with Crippen LogP contribution in [0.3, 0.4) is 0 Å². The molecule has 5 nitrogen and oxygen atoms in total. The molecule has 2 aromatic carbocycles. The van der Waals surface area contributed by atoms with E-state index in [0.717, 1.165) is 28.5 Å². The molecule has 27 heavy (non-hydrogen) atoms. The second kappa shape index (κ2) is 8.57. The predicted octanol–water partition coefficient (Wildman–Crippen LogP) is 3.51. The first-order chi connectivity index (χ1) is 12.6. The number of hydrogen-bond donors (Lipinski definition) is 1. The number of benzene rings is 2. The summed E-state index contributed by atoms with van der Waals surface area (Å²) in [6.45, 7) is 8.01. The Bertz CT molecular complexity index is 904. The molecule has 0 aromatic heterocycles. The van der Waals surface area contributed by atoms with Crippen molar-refractivity contribution >= 4 is 21.6 Å². The molecule has 0 saturated carbocycles. The number of carbonyl (C=O) groups excluding carboxylic acids is 1. The Labute approximate surface area is 162 Å². The van der Waals surface area contributed by atoms with Crippen LogP contribution in [0.2, 0.25) is 0 Å². The zero-order valence-electron chi connectivity index (χ0n) is 16.6. The number of rotatable bonds is 7. The van der Waals surface area contributed by atoms with Gasteiger partial charge < -0.3 is 5.32 Å². The van der Waals surface area contributed by atoms with Gasteiger partial charge in [0, 0.05) is 6.54 Å². The van der Waals surface area contributed by atoms with Crippen molar-refractivity contribution in [1.82, 2.24) is 5.32 Å². The van der Waals surface area contributed by atoms with E-state index in [1.807, 2.05) is 70.2 Å². The second-order valence-electron chi connectivity index (χ2n) is 7.20. The van der Waals surface area contributed by atoms with Gasteiger partial charge in [0.15, 0.2) is 0 Å². The van der Waals surface area contributed by atoms with Crippen LogP contribution in [0.25, 0.3) is 0 Å². The number of anilines is 1. The number of sulfonamides is 1. The highest BCUT2D eigenvalue weighted by molar-refractivity contribution is 7.92. The Kier molecular flexibility index (Phi) is 6.65. The highest BCUT2D eigenvalue weighted by atomic mass is 32.2. The highest BCUT2D eigenvalue weighted by Crippen LogP contribution is 2.32. The van der Waals surface area contributed by atoms with E-state index in [-0.39, 0.29) is 18.4 Å². The maximum absolute atomic E-state index is 12.5. The number of nitrogens with one attached hydrogen (secondary N) is 1. The van der Waals surface area contributed by atoms with E-state index in [2.05, 4.69) is 5.32 Å². The normalized spacial score (nSPS) is 11.5. The third-order valence-electron chi connectivity index (χ3n) is 4.44. The summed E-state index contributed by atoms with van der Waals surface area (Å²) in [5.41, 5.74) is 4.46. The fourth-order valence-corrected chi connectivity index (χ4v) is 3.88. The molecule has 2 aromatic rings. The molecule has 146 valence electrons. The summed E-state index contributed by atoms with van der Waals surface area (Å²) in [5.74, 6) is -0.196. The standard InChI is InChI=1S/C21H28N2O3S/c1-15(2)19-8-6-7-17(4)21(19)23(27(5,25)26)14-20(24)22-13-18-11-9-16(3)10-12-18/h6-12,15H,13-14H2,1-5H3,(H,22,24). The number of aryl methyl sites for hydroxylation is 2. The number of amides is 1. The molecule has 0 unspecified atom stereocenters. The van der Waals surface area contributed by atoms with Crippen LogP contribution in [0, 0.1) is 13.8 Å². The zero-order chi connectivity index (χ0) is 20.2. The number of carbonyl (C=O) groups is 1. The minimum absolute atomic E-state index is 0.139. The number of para-hydroxylation sites is 1. The summed E-state index contributed by atoms with van der Waals surface area (Å²) in [6, 6.07) is 13.5. The van der Waals surface area contributed by atoms with E-state index in [9.17, 15) is 13.2 Å². The van der Waals surface area contributed by atoms with Crippen LogP contribution in [-0.4, -0.2) is 27.1 Å². The lowest BCUT2D eigenvalue weighted by Gasteiger charge is -2.27. The lowest BCUT2D eigenvalue weighted by molar-refractivity contribution is -0.119. The van der Waals surface area contributed by atoms with Crippen LogP contribution in [0.1, 0.15) is 42.0 Å². The van der Waals surface area contributed by atoms with Crippen LogP contribution in [0.4, 0.5) is 5.69 Å². The highest BCUT2D eigenvalue weighted by Gasteiger charge is 2.25. The van der Waals surface area contributed by atoms with Gasteiger partial charge in [-0.05, 0) is 36.5 Å². The van der Waals surface area contributed by atoms with Crippen LogP contribution >= 0.6 is 0 Å². The molecule has 0 fully saturated rings. The zero-order valence-corrected chi connectivity index (χ0v) is 17.4. The maximum Gasteiger partial charge on any atom is 0.241 e. The van der Waals surface area contributed by atoms with Crippen molar-refractivity contribution < 1.29 is 13.2 Å². The van der Waals surface area contributed by atoms with Gasteiger partial charge in [-0.25, -0.2) is 8.42 Å². The first-order valence-electron chi connectivity index (χ1n) is 8.99. The Morgan fingerprint density at radius 3 is 2.26 bits per heavy atom. The Hall–Kier alpha value is -2.34. The topological polar surface area (TPSA) is 66.5 Å². The Morgan fingerprint density at radius 1 is 1.07 bits per heavy atom. The van der Waals surface area contributed by atoms with Crippen LogP contribution in [0.15, 0.2) is 42.5 Å². The molecule has 0 radical (unpaired) electrons. The molecule has 6 heteroatoms. The molecule has 0 aliphatic rings. The fraction of sp³-hybridized carbons (Fsp3) is 0.381. The summed E-state index contributed by atoms with van der Waals surface area (Å²) in [4.78, 5) is 12.5. The Balaban J connectivity index is 2.23. The molecule has 0 aliphatic heterocycles.